The van der Waals surface area contributed by atoms with E-state index < -0.39 is 5.97 Å². The van der Waals surface area contributed by atoms with Gasteiger partial charge in [0.15, 0.2) is 0 Å². The quantitative estimate of drug-likeness (QED) is 0.295. The van der Waals surface area contributed by atoms with Crippen molar-refractivity contribution in [3.63, 3.8) is 0 Å². The Labute approximate surface area is 218 Å². The van der Waals surface area contributed by atoms with Gasteiger partial charge in [-0.3, -0.25) is 0 Å². The SMILES string of the molecule is CSc1ccc(OCc2ccccc2)c(-c2ccsc2-c2ccc(CC(=O)[O-])cc2)c1.[Na+]. The Morgan fingerprint density at radius 3 is 2.38 bits per heavy atom. The number of thiophene rings is 1. The van der Waals surface area contributed by atoms with Crippen molar-refractivity contribution in [2.45, 2.75) is 17.9 Å². The van der Waals surface area contributed by atoms with Crippen molar-refractivity contribution in [3.05, 3.63) is 95.4 Å². The molecule has 1 aromatic heterocycles. The van der Waals surface area contributed by atoms with Crippen LogP contribution in [0.3, 0.4) is 0 Å². The van der Waals surface area contributed by atoms with Gasteiger partial charge in [-0.15, -0.1) is 23.1 Å². The molecule has 0 fully saturated rings. The zero-order valence-corrected chi connectivity index (χ0v) is 21.7. The first-order valence-electron chi connectivity index (χ1n) is 9.86. The maximum atomic E-state index is 10.9. The fraction of sp³-hybridized carbons (Fsp3) is 0.115. The third-order valence-electron chi connectivity index (χ3n) is 4.94. The van der Waals surface area contributed by atoms with Crippen LogP contribution in [0.1, 0.15) is 11.1 Å². The molecule has 0 amide bonds. The molecular weight excluding hydrogens is 447 g/mol. The first-order valence-corrected chi connectivity index (χ1v) is 12.0. The number of ether oxygens (including phenoxy) is 1. The van der Waals surface area contributed by atoms with Gasteiger partial charge >= 0.3 is 29.6 Å². The molecule has 0 aliphatic heterocycles. The Morgan fingerprint density at radius 1 is 0.938 bits per heavy atom. The Kier molecular flexibility index (Phi) is 9.02. The van der Waals surface area contributed by atoms with Crippen LogP contribution in [0.5, 0.6) is 5.75 Å². The molecule has 0 radical (unpaired) electrons. The van der Waals surface area contributed by atoms with E-state index in [4.69, 9.17) is 4.74 Å². The molecule has 4 aromatic rings. The van der Waals surface area contributed by atoms with Crippen LogP contribution < -0.4 is 39.4 Å². The van der Waals surface area contributed by atoms with Crippen molar-refractivity contribution in [2.75, 3.05) is 6.26 Å². The average molecular weight is 469 g/mol. The zero-order chi connectivity index (χ0) is 21.6. The van der Waals surface area contributed by atoms with Crippen LogP contribution in [0.25, 0.3) is 21.6 Å². The van der Waals surface area contributed by atoms with Gasteiger partial charge in [0.1, 0.15) is 12.4 Å². The predicted octanol–water partition coefficient (Wildman–Crippen LogP) is 2.68. The number of carboxylic acid groups (broad SMARTS) is 1. The van der Waals surface area contributed by atoms with Gasteiger partial charge in [-0.2, -0.15) is 0 Å². The molecule has 0 saturated carbocycles. The molecular formula is C26H21NaO3S2. The Hall–Kier alpha value is -2.02. The third-order valence-corrected chi connectivity index (χ3v) is 6.63. The molecule has 156 valence electrons. The van der Waals surface area contributed by atoms with Gasteiger partial charge in [0.2, 0.25) is 0 Å². The van der Waals surface area contributed by atoms with E-state index in [1.165, 1.54) is 4.90 Å². The van der Waals surface area contributed by atoms with Crippen LogP contribution in [0.2, 0.25) is 0 Å². The van der Waals surface area contributed by atoms with Crippen molar-refractivity contribution in [1.82, 2.24) is 0 Å². The minimum Gasteiger partial charge on any atom is -0.550 e. The van der Waals surface area contributed by atoms with Gasteiger partial charge in [-0.25, -0.2) is 0 Å². The number of benzene rings is 3. The smallest absolute Gasteiger partial charge is 0.550 e. The molecule has 0 N–H and O–H groups in total. The maximum Gasteiger partial charge on any atom is 1.00 e. The van der Waals surface area contributed by atoms with Crippen LogP contribution in [0.15, 0.2) is 89.1 Å². The summed E-state index contributed by atoms with van der Waals surface area (Å²) in [6, 6.07) is 26.2. The van der Waals surface area contributed by atoms with E-state index >= 15 is 0 Å². The van der Waals surface area contributed by atoms with E-state index in [9.17, 15) is 9.90 Å². The van der Waals surface area contributed by atoms with Gasteiger partial charge in [0, 0.05) is 33.3 Å². The molecule has 0 aliphatic carbocycles. The molecule has 0 aliphatic rings. The third kappa shape index (κ3) is 6.06. The molecule has 32 heavy (non-hydrogen) atoms. The first kappa shape index (κ1) is 24.6. The molecule has 4 rings (SSSR count). The molecule has 0 atom stereocenters. The molecule has 0 bridgehead atoms. The Bertz CT molecular complexity index is 1170. The van der Waals surface area contributed by atoms with E-state index in [1.807, 2.05) is 48.5 Å². The minimum atomic E-state index is -1.07. The number of aliphatic carboxylic acids is 1. The number of carboxylic acids is 1. The molecule has 0 unspecified atom stereocenters. The molecule has 3 aromatic carbocycles. The summed E-state index contributed by atoms with van der Waals surface area (Å²) in [5.41, 5.74) is 5.07. The standard InChI is InChI=1S/C26H22O3S2.Na/c1-30-21-11-12-24(29-17-19-5-3-2-4-6-19)23(16-21)22-13-14-31-26(22)20-9-7-18(8-10-20)15-25(27)28;/h2-14,16H,15,17H2,1H3,(H,27,28);/q;+1/p-1. The number of carbonyl (C=O) groups excluding carboxylic acids is 1. The van der Waals surface area contributed by atoms with Crippen LogP contribution in [-0.4, -0.2) is 12.2 Å². The predicted molar refractivity (Wildman–Crippen MR) is 126 cm³/mol. The second kappa shape index (κ2) is 11.7. The topological polar surface area (TPSA) is 49.4 Å². The Balaban J connectivity index is 0.00000289. The molecule has 6 heteroatoms. The van der Waals surface area contributed by atoms with Gasteiger partial charge in [-0.1, -0.05) is 54.6 Å². The fourth-order valence-electron chi connectivity index (χ4n) is 3.39. The number of hydrogen-bond acceptors (Lipinski definition) is 5. The molecule has 0 spiro atoms. The summed E-state index contributed by atoms with van der Waals surface area (Å²) in [5, 5.41) is 12.9. The number of thioether (sulfide) groups is 1. The average Bonchev–Trinajstić information content (AvgIpc) is 3.28. The van der Waals surface area contributed by atoms with Crippen molar-refractivity contribution < 1.29 is 44.2 Å². The summed E-state index contributed by atoms with van der Waals surface area (Å²) in [5.74, 6) is -0.228. The van der Waals surface area contributed by atoms with Gasteiger partial charge in [0.05, 0.1) is 0 Å². The second-order valence-corrected chi connectivity index (χ2v) is 8.84. The van der Waals surface area contributed by atoms with Crippen molar-refractivity contribution in [3.8, 4) is 27.3 Å². The summed E-state index contributed by atoms with van der Waals surface area (Å²) in [4.78, 5) is 13.2. The van der Waals surface area contributed by atoms with Crippen LogP contribution >= 0.6 is 23.1 Å². The van der Waals surface area contributed by atoms with Gasteiger partial charge < -0.3 is 14.6 Å². The molecule has 1 heterocycles. The van der Waals surface area contributed by atoms with Crippen LogP contribution in [0, 0.1) is 0 Å². The summed E-state index contributed by atoms with van der Waals surface area (Å²) >= 11 is 3.36. The van der Waals surface area contributed by atoms with E-state index in [0.29, 0.717) is 6.61 Å². The van der Waals surface area contributed by atoms with Crippen molar-refractivity contribution >= 4 is 29.1 Å². The molecule has 0 saturated heterocycles. The first-order chi connectivity index (χ1) is 15.1. The van der Waals surface area contributed by atoms with Crippen LogP contribution in [-0.2, 0) is 17.8 Å². The van der Waals surface area contributed by atoms with Crippen molar-refractivity contribution in [2.24, 2.45) is 0 Å². The summed E-state index contributed by atoms with van der Waals surface area (Å²) < 4.78 is 6.22. The maximum absolute atomic E-state index is 10.9. The second-order valence-electron chi connectivity index (χ2n) is 7.05. The van der Waals surface area contributed by atoms with Gasteiger partial charge in [-0.05, 0) is 52.6 Å². The zero-order valence-electron chi connectivity index (χ0n) is 18.0. The van der Waals surface area contributed by atoms with Gasteiger partial charge in [0.25, 0.3) is 0 Å². The number of hydrogen-bond donors (Lipinski definition) is 0. The van der Waals surface area contributed by atoms with E-state index in [2.05, 4.69) is 42.0 Å². The monoisotopic (exact) mass is 468 g/mol. The number of rotatable bonds is 8. The molecule has 3 nitrogen and oxygen atoms in total. The minimum absolute atomic E-state index is 0. The van der Waals surface area contributed by atoms with E-state index in [-0.39, 0.29) is 36.0 Å². The largest absolute Gasteiger partial charge is 1.00 e. The van der Waals surface area contributed by atoms with Crippen molar-refractivity contribution in [1.29, 1.82) is 0 Å². The van der Waals surface area contributed by atoms with Crippen LogP contribution in [0.4, 0.5) is 0 Å². The number of carbonyl (C=O) groups is 1. The fourth-order valence-corrected chi connectivity index (χ4v) is 4.75. The summed E-state index contributed by atoms with van der Waals surface area (Å²) in [6.45, 7) is 0.504. The summed E-state index contributed by atoms with van der Waals surface area (Å²) in [6.07, 6.45) is 1.99. The van der Waals surface area contributed by atoms with E-state index in [0.717, 1.165) is 38.4 Å². The summed E-state index contributed by atoms with van der Waals surface area (Å²) in [7, 11) is 0. The van der Waals surface area contributed by atoms with E-state index in [1.54, 1.807) is 23.1 Å². The Morgan fingerprint density at radius 2 is 1.69 bits per heavy atom. The normalized spacial score (nSPS) is 10.4.